The van der Waals surface area contributed by atoms with Crippen LogP contribution in [0, 0.1) is 11.8 Å². The van der Waals surface area contributed by atoms with Gasteiger partial charge in [-0.05, 0) is 61.6 Å². The molecule has 2 aliphatic rings. The molecule has 1 N–H and O–H groups in total. The van der Waals surface area contributed by atoms with Crippen LogP contribution in [0.15, 0.2) is 42.3 Å². The summed E-state index contributed by atoms with van der Waals surface area (Å²) in [4.78, 5) is 15.6. The molecule has 2 atom stereocenters. The highest BCUT2D eigenvalue weighted by molar-refractivity contribution is 6.15. The van der Waals surface area contributed by atoms with Crippen LogP contribution in [0.1, 0.15) is 48.7 Å². The Bertz CT molecular complexity index is 1280. The van der Waals surface area contributed by atoms with Crippen LogP contribution in [0.2, 0.25) is 0 Å². The third-order valence-corrected chi connectivity index (χ3v) is 6.99. The third kappa shape index (κ3) is 3.96. The van der Waals surface area contributed by atoms with Gasteiger partial charge in [0.2, 0.25) is 5.78 Å². The lowest BCUT2D eigenvalue weighted by molar-refractivity contribution is 0.101. The lowest BCUT2D eigenvalue weighted by Crippen LogP contribution is -2.38. The van der Waals surface area contributed by atoms with E-state index in [1.165, 1.54) is 6.42 Å². The molecular formula is C28H32N2O4. The molecule has 6 heteroatoms. The summed E-state index contributed by atoms with van der Waals surface area (Å²) in [5.74, 6) is 2.75. The number of rotatable bonds is 5. The number of Topliss-reactive ketones (excluding diaryl/α,β-unsaturated/α-hetero) is 1. The van der Waals surface area contributed by atoms with E-state index in [1.807, 2.05) is 30.5 Å². The van der Waals surface area contributed by atoms with E-state index in [1.54, 1.807) is 19.2 Å². The molecule has 6 nitrogen and oxygen atoms in total. The molecule has 2 aliphatic heterocycles. The number of phenolic OH excluding ortho intramolecular Hbond substituents is 1. The van der Waals surface area contributed by atoms with Crippen LogP contribution >= 0.6 is 0 Å². The summed E-state index contributed by atoms with van der Waals surface area (Å²) >= 11 is 0. The van der Waals surface area contributed by atoms with Crippen LogP contribution in [0.3, 0.4) is 0 Å². The minimum Gasteiger partial charge on any atom is -0.507 e. The maximum atomic E-state index is 13.3. The molecule has 1 aromatic heterocycles. The van der Waals surface area contributed by atoms with E-state index in [0.29, 0.717) is 35.3 Å². The molecule has 1 saturated heterocycles. The number of allylic oxidation sites excluding steroid dienone is 1. The highest BCUT2D eigenvalue weighted by Crippen LogP contribution is 2.41. The lowest BCUT2D eigenvalue weighted by Gasteiger charge is -2.35. The summed E-state index contributed by atoms with van der Waals surface area (Å²) in [6, 6.07) is 9.23. The summed E-state index contributed by atoms with van der Waals surface area (Å²) in [6.45, 7) is 9.94. The van der Waals surface area contributed by atoms with E-state index in [4.69, 9.17) is 9.47 Å². The zero-order valence-corrected chi connectivity index (χ0v) is 20.3. The highest BCUT2D eigenvalue weighted by Gasteiger charge is 2.33. The average molecular weight is 461 g/mol. The quantitative estimate of drug-likeness (QED) is 0.512. The second-order valence-corrected chi connectivity index (χ2v) is 9.77. The number of aryl methyl sites for hydroxylation is 1. The molecular weight excluding hydrogens is 428 g/mol. The second-order valence-electron chi connectivity index (χ2n) is 9.77. The Morgan fingerprint density at radius 3 is 2.65 bits per heavy atom. The molecule has 1 fully saturated rings. The van der Waals surface area contributed by atoms with Crippen molar-refractivity contribution >= 4 is 22.8 Å². The van der Waals surface area contributed by atoms with Crippen LogP contribution in [-0.4, -0.2) is 40.6 Å². The largest absolute Gasteiger partial charge is 0.507 e. The third-order valence-electron chi connectivity index (χ3n) is 6.99. The average Bonchev–Trinajstić information content (AvgIpc) is 3.32. The maximum absolute atomic E-state index is 13.3. The first-order chi connectivity index (χ1) is 16.4. The fraction of sp³-hybridized carbons (Fsp3) is 0.393. The molecule has 0 saturated carbocycles. The fourth-order valence-corrected chi connectivity index (χ4v) is 5.54. The summed E-state index contributed by atoms with van der Waals surface area (Å²) in [6.07, 6.45) is 5.06. The first-order valence-corrected chi connectivity index (χ1v) is 12.1. The number of aromatic nitrogens is 1. The number of piperidine rings is 1. The van der Waals surface area contributed by atoms with Crippen molar-refractivity contribution in [1.82, 2.24) is 9.47 Å². The number of ketones is 1. The standard InChI is InChI=1S/C28H32N2O4/c1-5-30-15-19(22-12-20(33-4)6-8-24(22)30)11-26-27(32)21-7-9-25(31)23(28(21)34-26)16-29-13-17(2)10-18(3)14-29/h6-9,11-12,15,17-18,31H,5,10,13-14,16H2,1-4H3/t17-,18+. The molecule has 0 unspecified atom stereocenters. The van der Waals surface area contributed by atoms with Gasteiger partial charge in [-0.1, -0.05) is 13.8 Å². The van der Waals surface area contributed by atoms with Gasteiger partial charge in [0.25, 0.3) is 0 Å². The van der Waals surface area contributed by atoms with E-state index < -0.39 is 0 Å². The fourth-order valence-electron chi connectivity index (χ4n) is 5.54. The van der Waals surface area contributed by atoms with E-state index in [9.17, 15) is 9.90 Å². The van der Waals surface area contributed by atoms with E-state index in [0.717, 1.165) is 41.9 Å². The summed E-state index contributed by atoms with van der Waals surface area (Å²) in [5, 5.41) is 11.7. The van der Waals surface area contributed by atoms with Gasteiger partial charge in [-0.3, -0.25) is 9.69 Å². The van der Waals surface area contributed by atoms with Crippen molar-refractivity contribution in [1.29, 1.82) is 0 Å². The van der Waals surface area contributed by atoms with Gasteiger partial charge in [0.05, 0.1) is 18.2 Å². The number of hydrogen-bond donors (Lipinski definition) is 1. The van der Waals surface area contributed by atoms with E-state index in [-0.39, 0.29) is 17.3 Å². The number of methoxy groups -OCH3 is 1. The molecule has 3 heterocycles. The molecule has 2 aromatic carbocycles. The molecule has 0 radical (unpaired) electrons. The number of nitrogens with zero attached hydrogens (tertiary/aromatic N) is 2. The number of carbonyl (C=O) groups excluding carboxylic acids is 1. The number of carbonyl (C=O) groups is 1. The summed E-state index contributed by atoms with van der Waals surface area (Å²) in [7, 11) is 1.65. The monoisotopic (exact) mass is 460 g/mol. The molecule has 178 valence electrons. The number of benzene rings is 2. The Labute approximate surface area is 200 Å². The topological polar surface area (TPSA) is 63.9 Å². The van der Waals surface area contributed by atoms with E-state index >= 15 is 0 Å². The number of likely N-dealkylation sites (tertiary alicyclic amines) is 1. The van der Waals surface area contributed by atoms with Gasteiger partial charge in [0, 0.05) is 48.8 Å². The van der Waals surface area contributed by atoms with Gasteiger partial charge in [-0.2, -0.15) is 0 Å². The summed E-state index contributed by atoms with van der Waals surface area (Å²) in [5.41, 5.74) is 3.17. The van der Waals surface area contributed by atoms with Crippen LogP contribution < -0.4 is 9.47 Å². The zero-order valence-electron chi connectivity index (χ0n) is 20.3. The predicted octanol–water partition coefficient (Wildman–Crippen LogP) is 5.47. The van der Waals surface area contributed by atoms with Crippen molar-refractivity contribution in [2.24, 2.45) is 11.8 Å². The van der Waals surface area contributed by atoms with Crippen molar-refractivity contribution in [3.05, 3.63) is 59.0 Å². The van der Waals surface area contributed by atoms with Crippen LogP contribution in [0.5, 0.6) is 17.2 Å². The number of phenols is 1. The smallest absolute Gasteiger partial charge is 0.231 e. The Balaban J connectivity index is 1.51. The van der Waals surface area contributed by atoms with Crippen LogP contribution in [-0.2, 0) is 13.1 Å². The minimum atomic E-state index is -0.156. The van der Waals surface area contributed by atoms with Crippen LogP contribution in [0.25, 0.3) is 17.0 Å². The Kier molecular flexibility index (Phi) is 5.86. The molecule has 5 rings (SSSR count). The zero-order chi connectivity index (χ0) is 24.0. The normalized spacial score (nSPS) is 21.8. The Hall–Kier alpha value is -3.25. The summed E-state index contributed by atoms with van der Waals surface area (Å²) < 4.78 is 13.7. The highest BCUT2D eigenvalue weighted by atomic mass is 16.5. The van der Waals surface area contributed by atoms with Gasteiger partial charge < -0.3 is 19.1 Å². The number of hydrogen-bond acceptors (Lipinski definition) is 5. The van der Waals surface area contributed by atoms with Gasteiger partial charge in [-0.15, -0.1) is 0 Å². The minimum absolute atomic E-state index is 0.156. The van der Waals surface area contributed by atoms with Crippen molar-refractivity contribution in [2.45, 2.75) is 40.3 Å². The maximum Gasteiger partial charge on any atom is 0.231 e. The molecule has 0 amide bonds. The Morgan fingerprint density at radius 1 is 1.18 bits per heavy atom. The number of aromatic hydroxyl groups is 1. The van der Waals surface area contributed by atoms with Gasteiger partial charge in [-0.25, -0.2) is 0 Å². The molecule has 34 heavy (non-hydrogen) atoms. The lowest BCUT2D eigenvalue weighted by atomic mass is 9.91. The SMILES string of the molecule is CCn1cc(C=C2Oc3c(ccc(O)c3CN3C[C@H](C)C[C@H](C)C3)C2=O)c2cc(OC)ccc21. The molecule has 3 aromatic rings. The number of ether oxygens (including phenoxy) is 2. The second kappa shape index (κ2) is 8.84. The molecule has 0 aliphatic carbocycles. The van der Waals surface area contributed by atoms with Gasteiger partial charge >= 0.3 is 0 Å². The predicted molar refractivity (Wildman–Crippen MR) is 133 cm³/mol. The van der Waals surface area contributed by atoms with Crippen LogP contribution in [0.4, 0.5) is 0 Å². The van der Waals surface area contributed by atoms with Gasteiger partial charge in [0.1, 0.15) is 17.2 Å². The number of fused-ring (bicyclic) bond motifs is 2. The molecule has 0 bridgehead atoms. The van der Waals surface area contributed by atoms with Crippen molar-refractivity contribution in [3.63, 3.8) is 0 Å². The first-order valence-electron chi connectivity index (χ1n) is 12.1. The van der Waals surface area contributed by atoms with Crippen molar-refractivity contribution in [2.75, 3.05) is 20.2 Å². The van der Waals surface area contributed by atoms with Crippen molar-refractivity contribution < 1.29 is 19.4 Å². The van der Waals surface area contributed by atoms with E-state index in [2.05, 4.69) is 30.2 Å². The molecule has 0 spiro atoms. The van der Waals surface area contributed by atoms with Crippen molar-refractivity contribution in [3.8, 4) is 17.2 Å². The van der Waals surface area contributed by atoms with Gasteiger partial charge in [0.15, 0.2) is 5.76 Å². The Morgan fingerprint density at radius 2 is 1.94 bits per heavy atom. The first kappa shape index (κ1) is 22.5.